The normalized spacial score (nSPS) is 17.0. The molecule has 0 spiro atoms. The number of halogens is 3. The monoisotopic (exact) mass is 368 g/mol. The largest absolute Gasteiger partial charge is 0.471 e. The average Bonchev–Trinajstić information content (AvgIpc) is 3.24. The van der Waals surface area contributed by atoms with Crippen LogP contribution in [-0.2, 0) is 22.2 Å². The van der Waals surface area contributed by atoms with E-state index in [2.05, 4.69) is 19.8 Å². The zero-order chi connectivity index (χ0) is 18.9. The van der Waals surface area contributed by atoms with Crippen LogP contribution in [0.25, 0.3) is 11.4 Å². The second-order valence-electron chi connectivity index (χ2n) is 5.99. The van der Waals surface area contributed by atoms with Crippen molar-refractivity contribution in [2.75, 3.05) is 14.1 Å². The summed E-state index contributed by atoms with van der Waals surface area (Å²) in [7, 11) is 3.28. The minimum absolute atomic E-state index is 0.136. The van der Waals surface area contributed by atoms with Crippen LogP contribution in [0.3, 0.4) is 0 Å². The van der Waals surface area contributed by atoms with Crippen molar-refractivity contribution in [3.05, 3.63) is 35.7 Å². The Kier molecular flexibility index (Phi) is 4.66. The van der Waals surface area contributed by atoms with Crippen LogP contribution in [0.1, 0.15) is 17.9 Å². The molecule has 7 nitrogen and oxygen atoms in total. The molecule has 0 aliphatic carbocycles. The molecule has 1 amide bonds. The Bertz CT molecular complexity index is 828. The maximum atomic E-state index is 12.5. The number of carbonyl (C=O) groups excluding carboxylic acids is 1. The molecule has 1 aliphatic rings. The first-order valence-corrected chi connectivity index (χ1v) is 7.68. The van der Waals surface area contributed by atoms with Crippen molar-refractivity contribution in [2.45, 2.75) is 25.1 Å². The van der Waals surface area contributed by atoms with Crippen LogP contribution in [0.2, 0.25) is 0 Å². The highest BCUT2D eigenvalue weighted by Crippen LogP contribution is 2.29. The van der Waals surface area contributed by atoms with E-state index in [-0.39, 0.29) is 17.8 Å². The fourth-order valence-electron chi connectivity index (χ4n) is 2.43. The van der Waals surface area contributed by atoms with Crippen molar-refractivity contribution >= 4 is 11.6 Å². The number of carbonyl (C=O) groups is 1. The number of amides is 1. The van der Waals surface area contributed by atoms with Gasteiger partial charge >= 0.3 is 12.1 Å². The molecule has 2 aromatic rings. The Morgan fingerprint density at radius 2 is 1.96 bits per heavy atom. The standard InChI is InChI=1S/C16H15F3N4O3/c1-23(2)14(24)12-8-11(25-21-12)7-9-3-5-10(6-4-9)13-20-15(26-22-13)16(17,18)19/h3-6,11H,7-8H2,1-2H3. The van der Waals surface area contributed by atoms with Gasteiger partial charge in [-0.05, 0) is 5.56 Å². The number of alkyl halides is 3. The predicted molar refractivity (Wildman–Crippen MR) is 84.1 cm³/mol. The molecule has 0 N–H and O–H groups in total. The second kappa shape index (κ2) is 6.77. The number of benzene rings is 1. The third kappa shape index (κ3) is 3.84. The van der Waals surface area contributed by atoms with Gasteiger partial charge in [-0.2, -0.15) is 18.2 Å². The van der Waals surface area contributed by atoms with Gasteiger partial charge in [0.05, 0.1) is 0 Å². The van der Waals surface area contributed by atoms with E-state index in [1.807, 2.05) is 0 Å². The molecule has 0 fully saturated rings. The quantitative estimate of drug-likeness (QED) is 0.828. The molecule has 1 unspecified atom stereocenters. The number of hydrogen-bond donors (Lipinski definition) is 0. The Balaban J connectivity index is 1.62. The molecule has 0 saturated carbocycles. The lowest BCUT2D eigenvalue weighted by molar-refractivity contribution is -0.159. The summed E-state index contributed by atoms with van der Waals surface area (Å²) < 4.78 is 41.7. The second-order valence-corrected chi connectivity index (χ2v) is 5.99. The number of rotatable bonds is 4. The maximum Gasteiger partial charge on any atom is 0.471 e. The molecule has 0 radical (unpaired) electrons. The number of hydrogen-bond acceptors (Lipinski definition) is 6. The SMILES string of the molecule is CN(C)C(=O)C1=NOC(Cc2ccc(-c3noc(C(F)(F)F)n3)cc2)C1. The highest BCUT2D eigenvalue weighted by molar-refractivity contribution is 6.38. The van der Waals surface area contributed by atoms with E-state index in [1.54, 1.807) is 38.4 Å². The lowest BCUT2D eigenvalue weighted by Crippen LogP contribution is -2.29. The summed E-state index contributed by atoms with van der Waals surface area (Å²) in [6.45, 7) is 0. The van der Waals surface area contributed by atoms with Crippen molar-refractivity contribution in [3.63, 3.8) is 0 Å². The summed E-state index contributed by atoms with van der Waals surface area (Å²) in [5.74, 6) is -1.71. The number of oxime groups is 1. The van der Waals surface area contributed by atoms with Crippen LogP contribution in [0.15, 0.2) is 33.9 Å². The van der Waals surface area contributed by atoms with Gasteiger partial charge in [-0.15, -0.1) is 0 Å². The molecular formula is C16H15F3N4O3. The van der Waals surface area contributed by atoms with E-state index in [1.165, 1.54) is 4.90 Å². The molecule has 26 heavy (non-hydrogen) atoms. The van der Waals surface area contributed by atoms with Gasteiger partial charge in [-0.25, -0.2) is 0 Å². The summed E-state index contributed by atoms with van der Waals surface area (Å²) >= 11 is 0. The first-order valence-electron chi connectivity index (χ1n) is 7.68. The summed E-state index contributed by atoms with van der Waals surface area (Å²) in [6, 6.07) is 6.66. The van der Waals surface area contributed by atoms with E-state index in [0.717, 1.165) is 5.56 Å². The Morgan fingerprint density at radius 3 is 2.54 bits per heavy atom. The molecule has 10 heteroatoms. The van der Waals surface area contributed by atoms with E-state index in [9.17, 15) is 18.0 Å². The van der Waals surface area contributed by atoms with Crippen molar-refractivity contribution in [1.29, 1.82) is 0 Å². The van der Waals surface area contributed by atoms with Crippen LogP contribution in [0, 0.1) is 0 Å². The number of aromatic nitrogens is 2. The molecule has 3 rings (SSSR count). The molecule has 1 aromatic carbocycles. The molecule has 0 saturated heterocycles. The van der Waals surface area contributed by atoms with E-state index < -0.39 is 12.1 Å². The Labute approximate surface area is 146 Å². The van der Waals surface area contributed by atoms with Gasteiger partial charge in [0.2, 0.25) is 5.82 Å². The molecule has 138 valence electrons. The average molecular weight is 368 g/mol. The van der Waals surface area contributed by atoms with E-state index in [0.29, 0.717) is 24.1 Å². The van der Waals surface area contributed by atoms with Crippen molar-refractivity contribution < 1.29 is 27.3 Å². The molecular weight excluding hydrogens is 353 g/mol. The summed E-state index contributed by atoms with van der Waals surface area (Å²) in [4.78, 5) is 21.9. The van der Waals surface area contributed by atoms with Gasteiger partial charge in [-0.3, -0.25) is 4.79 Å². The lowest BCUT2D eigenvalue weighted by Gasteiger charge is -2.10. The summed E-state index contributed by atoms with van der Waals surface area (Å²) in [6.07, 6.45) is -4.03. The van der Waals surface area contributed by atoms with Crippen molar-refractivity contribution in [3.8, 4) is 11.4 Å². The van der Waals surface area contributed by atoms with Crippen molar-refractivity contribution in [1.82, 2.24) is 15.0 Å². The lowest BCUT2D eigenvalue weighted by atomic mass is 10.0. The van der Waals surface area contributed by atoms with Crippen LogP contribution in [0.5, 0.6) is 0 Å². The Hall–Kier alpha value is -2.91. The highest BCUT2D eigenvalue weighted by atomic mass is 19.4. The maximum absolute atomic E-state index is 12.5. The van der Waals surface area contributed by atoms with Gasteiger partial charge in [0.1, 0.15) is 11.8 Å². The smallest absolute Gasteiger partial charge is 0.391 e. The molecule has 1 aliphatic heterocycles. The van der Waals surface area contributed by atoms with Gasteiger partial charge < -0.3 is 14.3 Å². The third-order valence-electron chi connectivity index (χ3n) is 3.73. The van der Waals surface area contributed by atoms with E-state index in [4.69, 9.17) is 4.84 Å². The summed E-state index contributed by atoms with van der Waals surface area (Å²) in [5, 5.41) is 7.15. The van der Waals surface area contributed by atoms with Crippen LogP contribution >= 0.6 is 0 Å². The first kappa shape index (κ1) is 17.9. The molecule has 1 atom stereocenters. The zero-order valence-electron chi connectivity index (χ0n) is 13.9. The fourth-order valence-corrected chi connectivity index (χ4v) is 2.43. The van der Waals surface area contributed by atoms with Gasteiger partial charge in [-0.1, -0.05) is 34.6 Å². The van der Waals surface area contributed by atoms with Crippen LogP contribution < -0.4 is 0 Å². The van der Waals surface area contributed by atoms with Crippen molar-refractivity contribution in [2.24, 2.45) is 5.16 Å². The number of nitrogens with zero attached hydrogens (tertiary/aromatic N) is 4. The fraction of sp³-hybridized carbons (Fsp3) is 0.375. The molecule has 2 heterocycles. The van der Waals surface area contributed by atoms with Gasteiger partial charge in [0, 0.05) is 32.5 Å². The third-order valence-corrected chi connectivity index (χ3v) is 3.73. The first-order chi connectivity index (χ1) is 12.2. The minimum Gasteiger partial charge on any atom is -0.391 e. The van der Waals surface area contributed by atoms with Crippen LogP contribution in [-0.4, -0.2) is 46.9 Å². The van der Waals surface area contributed by atoms with Crippen LogP contribution in [0.4, 0.5) is 13.2 Å². The van der Waals surface area contributed by atoms with E-state index >= 15 is 0 Å². The highest BCUT2D eigenvalue weighted by Gasteiger charge is 2.38. The Morgan fingerprint density at radius 1 is 1.27 bits per heavy atom. The molecule has 0 bridgehead atoms. The summed E-state index contributed by atoms with van der Waals surface area (Å²) in [5.41, 5.74) is 1.65. The van der Waals surface area contributed by atoms with Gasteiger partial charge in [0.15, 0.2) is 0 Å². The minimum atomic E-state index is -4.67. The molecule has 1 aromatic heterocycles. The topological polar surface area (TPSA) is 80.8 Å². The predicted octanol–water partition coefficient (Wildman–Crippen LogP) is 2.53. The van der Waals surface area contributed by atoms with Gasteiger partial charge in [0.25, 0.3) is 5.91 Å². The zero-order valence-corrected chi connectivity index (χ0v) is 13.9.